The minimum atomic E-state index is -0.338. The highest BCUT2D eigenvalue weighted by atomic mass is 16.5. The van der Waals surface area contributed by atoms with E-state index in [-0.39, 0.29) is 5.97 Å². The third-order valence-corrected chi connectivity index (χ3v) is 2.65. The van der Waals surface area contributed by atoms with E-state index >= 15 is 0 Å². The Morgan fingerprint density at radius 2 is 1.89 bits per heavy atom. The molecule has 0 saturated carbocycles. The number of ether oxygens (including phenoxy) is 1. The van der Waals surface area contributed by atoms with E-state index < -0.39 is 0 Å². The van der Waals surface area contributed by atoms with Crippen LogP contribution in [-0.4, -0.2) is 5.97 Å². The normalized spacial score (nSPS) is 16.8. The largest absolute Gasteiger partial charge is 0.472 e. The van der Waals surface area contributed by atoms with E-state index in [1.807, 2.05) is 30.3 Å². The lowest BCUT2D eigenvalue weighted by atomic mass is 10.1. The van der Waals surface area contributed by atoms with E-state index in [0.29, 0.717) is 11.3 Å². The molecule has 0 saturated heterocycles. The number of cyclic esters (lactones) is 1. The molecule has 3 rings (SSSR count). The number of carbonyl (C=O) groups is 1. The molecule has 0 bridgehead atoms. The highest BCUT2D eigenvalue weighted by Crippen LogP contribution is 2.27. The van der Waals surface area contributed by atoms with Gasteiger partial charge in [-0.25, -0.2) is 4.79 Å². The van der Waals surface area contributed by atoms with Crippen LogP contribution in [0.15, 0.2) is 65.0 Å². The van der Waals surface area contributed by atoms with Crippen molar-refractivity contribution in [2.75, 3.05) is 0 Å². The van der Waals surface area contributed by atoms with Gasteiger partial charge in [-0.05, 0) is 18.2 Å². The highest BCUT2D eigenvalue weighted by Gasteiger charge is 2.21. The quantitative estimate of drug-likeness (QED) is 0.595. The van der Waals surface area contributed by atoms with E-state index in [1.54, 1.807) is 30.7 Å². The number of esters is 1. The lowest BCUT2D eigenvalue weighted by molar-refractivity contribution is -0.130. The summed E-state index contributed by atoms with van der Waals surface area (Å²) in [5, 5.41) is 0. The molecular formula is C15H10O3. The van der Waals surface area contributed by atoms with Crippen molar-refractivity contribution in [2.45, 2.75) is 0 Å². The van der Waals surface area contributed by atoms with Gasteiger partial charge in [0, 0.05) is 11.1 Å². The number of carbonyl (C=O) groups excluding carboxylic acids is 1. The van der Waals surface area contributed by atoms with Gasteiger partial charge < -0.3 is 9.15 Å². The first-order valence-electron chi connectivity index (χ1n) is 5.56. The van der Waals surface area contributed by atoms with Crippen LogP contribution >= 0.6 is 0 Å². The summed E-state index contributed by atoms with van der Waals surface area (Å²) < 4.78 is 10.2. The van der Waals surface area contributed by atoms with Gasteiger partial charge in [0.25, 0.3) is 0 Å². The SMILES string of the molecule is O=C1OC(c2ccccc2)=CC1=Cc1ccoc1. The molecule has 1 aliphatic heterocycles. The van der Waals surface area contributed by atoms with E-state index in [1.165, 1.54) is 0 Å². The van der Waals surface area contributed by atoms with Crippen LogP contribution < -0.4 is 0 Å². The van der Waals surface area contributed by atoms with Gasteiger partial charge in [-0.2, -0.15) is 0 Å². The zero-order chi connectivity index (χ0) is 12.4. The second-order valence-electron chi connectivity index (χ2n) is 3.92. The summed E-state index contributed by atoms with van der Waals surface area (Å²) in [7, 11) is 0. The Hall–Kier alpha value is -2.55. The van der Waals surface area contributed by atoms with Crippen LogP contribution in [0.5, 0.6) is 0 Å². The van der Waals surface area contributed by atoms with Crippen molar-refractivity contribution in [1.29, 1.82) is 0 Å². The Morgan fingerprint density at radius 1 is 1.06 bits per heavy atom. The average molecular weight is 238 g/mol. The number of hydrogen-bond donors (Lipinski definition) is 0. The minimum Gasteiger partial charge on any atom is -0.472 e. The Labute approximate surface area is 104 Å². The number of benzene rings is 1. The van der Waals surface area contributed by atoms with Gasteiger partial charge in [0.2, 0.25) is 0 Å². The molecule has 0 amide bonds. The maximum atomic E-state index is 11.7. The van der Waals surface area contributed by atoms with Crippen molar-refractivity contribution >= 4 is 17.8 Å². The molecule has 0 radical (unpaired) electrons. The van der Waals surface area contributed by atoms with Gasteiger partial charge in [-0.3, -0.25) is 0 Å². The van der Waals surface area contributed by atoms with E-state index in [2.05, 4.69) is 0 Å². The van der Waals surface area contributed by atoms with E-state index in [9.17, 15) is 4.79 Å². The van der Waals surface area contributed by atoms with Crippen LogP contribution in [0.25, 0.3) is 11.8 Å². The molecule has 0 N–H and O–H groups in total. The monoisotopic (exact) mass is 238 g/mol. The molecular weight excluding hydrogens is 228 g/mol. The zero-order valence-corrected chi connectivity index (χ0v) is 9.50. The van der Waals surface area contributed by atoms with Crippen molar-refractivity contribution in [1.82, 2.24) is 0 Å². The summed E-state index contributed by atoms with van der Waals surface area (Å²) in [5.74, 6) is 0.241. The van der Waals surface area contributed by atoms with Crippen LogP contribution in [-0.2, 0) is 9.53 Å². The molecule has 1 aliphatic rings. The summed E-state index contributed by atoms with van der Waals surface area (Å²) >= 11 is 0. The number of hydrogen-bond acceptors (Lipinski definition) is 3. The fourth-order valence-electron chi connectivity index (χ4n) is 1.77. The fraction of sp³-hybridized carbons (Fsp3) is 0. The first-order valence-corrected chi connectivity index (χ1v) is 5.56. The van der Waals surface area contributed by atoms with E-state index in [4.69, 9.17) is 9.15 Å². The molecule has 0 spiro atoms. The topological polar surface area (TPSA) is 39.4 Å². The Morgan fingerprint density at radius 3 is 2.61 bits per heavy atom. The minimum absolute atomic E-state index is 0.338. The standard InChI is InChI=1S/C15H10O3/c16-15-13(8-11-6-7-17-10-11)9-14(18-15)12-4-2-1-3-5-12/h1-10H. The lowest BCUT2D eigenvalue weighted by Crippen LogP contribution is -1.96. The summed E-state index contributed by atoms with van der Waals surface area (Å²) in [6.07, 6.45) is 6.62. The van der Waals surface area contributed by atoms with Gasteiger partial charge in [0.05, 0.1) is 18.1 Å². The molecule has 0 unspecified atom stereocenters. The Balaban J connectivity index is 1.95. The molecule has 1 aromatic carbocycles. The first kappa shape index (κ1) is 10.6. The van der Waals surface area contributed by atoms with Gasteiger partial charge in [-0.1, -0.05) is 30.3 Å². The molecule has 0 fully saturated rings. The van der Waals surface area contributed by atoms with Crippen LogP contribution in [0.3, 0.4) is 0 Å². The first-order chi connectivity index (χ1) is 8.83. The molecule has 2 aromatic rings. The number of rotatable bonds is 2. The molecule has 0 atom stereocenters. The third kappa shape index (κ3) is 1.98. The lowest BCUT2D eigenvalue weighted by Gasteiger charge is -1.99. The Bertz CT molecular complexity index is 619. The second kappa shape index (κ2) is 4.37. The molecule has 3 nitrogen and oxygen atoms in total. The average Bonchev–Trinajstić information content (AvgIpc) is 3.02. The van der Waals surface area contributed by atoms with Gasteiger partial charge >= 0.3 is 5.97 Å². The summed E-state index contributed by atoms with van der Waals surface area (Å²) in [6, 6.07) is 11.3. The van der Waals surface area contributed by atoms with Gasteiger partial charge in [-0.15, -0.1) is 0 Å². The van der Waals surface area contributed by atoms with Crippen molar-refractivity contribution in [3.63, 3.8) is 0 Å². The van der Waals surface area contributed by atoms with Crippen LogP contribution in [0, 0.1) is 0 Å². The molecule has 3 heteroatoms. The summed E-state index contributed by atoms with van der Waals surface area (Å²) in [4.78, 5) is 11.7. The van der Waals surface area contributed by atoms with Crippen LogP contribution in [0.1, 0.15) is 11.1 Å². The Kier molecular flexibility index (Phi) is 2.57. The maximum absolute atomic E-state index is 11.7. The van der Waals surface area contributed by atoms with Crippen LogP contribution in [0.2, 0.25) is 0 Å². The molecule has 2 heterocycles. The molecule has 88 valence electrons. The van der Waals surface area contributed by atoms with Crippen molar-refractivity contribution in [3.8, 4) is 0 Å². The summed E-state index contributed by atoms with van der Waals surface area (Å²) in [5.41, 5.74) is 2.25. The zero-order valence-electron chi connectivity index (χ0n) is 9.50. The van der Waals surface area contributed by atoms with Gasteiger partial charge in [0.15, 0.2) is 0 Å². The van der Waals surface area contributed by atoms with Crippen molar-refractivity contribution in [2.24, 2.45) is 0 Å². The molecule has 18 heavy (non-hydrogen) atoms. The molecule has 0 aliphatic carbocycles. The predicted molar refractivity (Wildman–Crippen MR) is 67.2 cm³/mol. The predicted octanol–water partition coefficient (Wildman–Crippen LogP) is 3.26. The summed E-state index contributed by atoms with van der Waals surface area (Å²) in [6.45, 7) is 0. The van der Waals surface area contributed by atoms with Gasteiger partial charge in [0.1, 0.15) is 5.76 Å². The highest BCUT2D eigenvalue weighted by molar-refractivity contribution is 6.05. The second-order valence-corrected chi connectivity index (χ2v) is 3.92. The third-order valence-electron chi connectivity index (χ3n) is 2.65. The number of furan rings is 1. The molecule has 1 aromatic heterocycles. The van der Waals surface area contributed by atoms with E-state index in [0.717, 1.165) is 11.1 Å². The fourth-order valence-corrected chi connectivity index (χ4v) is 1.77. The smallest absolute Gasteiger partial charge is 0.343 e. The maximum Gasteiger partial charge on any atom is 0.343 e. The van der Waals surface area contributed by atoms with Crippen molar-refractivity contribution < 1.29 is 13.9 Å². The van der Waals surface area contributed by atoms with Crippen LogP contribution in [0.4, 0.5) is 0 Å². The van der Waals surface area contributed by atoms with Crippen molar-refractivity contribution in [3.05, 3.63) is 71.7 Å².